The molecular formula is C10H18N4O4S. The van der Waals surface area contributed by atoms with Gasteiger partial charge in [0.1, 0.15) is 5.82 Å². The first-order chi connectivity index (χ1) is 9.04. The van der Waals surface area contributed by atoms with E-state index in [9.17, 15) is 8.42 Å². The molecule has 0 amide bonds. The summed E-state index contributed by atoms with van der Waals surface area (Å²) in [5.41, 5.74) is 0. The summed E-state index contributed by atoms with van der Waals surface area (Å²) >= 11 is 0. The van der Waals surface area contributed by atoms with Crippen LogP contribution >= 0.6 is 0 Å². The van der Waals surface area contributed by atoms with Crippen molar-refractivity contribution in [2.45, 2.75) is 30.5 Å². The maximum Gasteiger partial charge on any atom is 0.273 e. The number of methoxy groups -OCH3 is 1. The highest BCUT2D eigenvalue weighted by Gasteiger charge is 2.27. The summed E-state index contributed by atoms with van der Waals surface area (Å²) in [7, 11) is -2.33. The molecule has 0 spiro atoms. The molecule has 0 aromatic carbocycles. The first kappa shape index (κ1) is 14.4. The van der Waals surface area contributed by atoms with E-state index in [1.807, 2.05) is 0 Å². The van der Waals surface area contributed by atoms with Crippen LogP contribution in [-0.2, 0) is 26.0 Å². The minimum Gasteiger partial charge on any atom is -0.383 e. The molecule has 2 rings (SSSR count). The van der Waals surface area contributed by atoms with Crippen LogP contribution in [0.5, 0.6) is 0 Å². The van der Waals surface area contributed by atoms with Gasteiger partial charge in [-0.3, -0.25) is 4.57 Å². The van der Waals surface area contributed by atoms with E-state index in [0.29, 0.717) is 32.2 Å². The zero-order valence-corrected chi connectivity index (χ0v) is 11.6. The summed E-state index contributed by atoms with van der Waals surface area (Å²) in [4.78, 5) is 0. The molecule has 0 unspecified atom stereocenters. The Hall–Kier alpha value is -1.03. The molecule has 1 aromatic rings. The van der Waals surface area contributed by atoms with E-state index in [4.69, 9.17) is 14.6 Å². The molecule has 0 radical (unpaired) electrons. The van der Waals surface area contributed by atoms with E-state index in [2.05, 4.69) is 10.2 Å². The lowest BCUT2D eigenvalue weighted by atomic mass is 9.99. The number of nitrogens with zero attached hydrogens (tertiary/aromatic N) is 3. The number of hydrogen-bond acceptors (Lipinski definition) is 6. The van der Waals surface area contributed by atoms with Crippen LogP contribution in [0.25, 0.3) is 0 Å². The van der Waals surface area contributed by atoms with Crippen molar-refractivity contribution in [2.75, 3.05) is 26.9 Å². The van der Waals surface area contributed by atoms with Gasteiger partial charge in [0.15, 0.2) is 0 Å². The largest absolute Gasteiger partial charge is 0.383 e. The Morgan fingerprint density at radius 1 is 1.42 bits per heavy atom. The van der Waals surface area contributed by atoms with E-state index >= 15 is 0 Å². The quantitative estimate of drug-likeness (QED) is 0.780. The third kappa shape index (κ3) is 3.30. The van der Waals surface area contributed by atoms with E-state index in [1.54, 1.807) is 7.11 Å². The Morgan fingerprint density at radius 3 is 2.68 bits per heavy atom. The maximum absolute atomic E-state index is 11.5. The number of hydrogen-bond donors (Lipinski definition) is 1. The highest BCUT2D eigenvalue weighted by Crippen LogP contribution is 2.26. The Bertz CT molecular complexity index is 522. The first-order valence-electron chi connectivity index (χ1n) is 6.06. The molecule has 2 heterocycles. The highest BCUT2D eigenvalue weighted by molar-refractivity contribution is 7.89. The van der Waals surface area contributed by atoms with Crippen molar-refractivity contribution in [3.05, 3.63) is 5.82 Å². The molecule has 0 saturated carbocycles. The highest BCUT2D eigenvalue weighted by atomic mass is 32.2. The summed E-state index contributed by atoms with van der Waals surface area (Å²) in [6.07, 6.45) is 1.60. The fourth-order valence-electron chi connectivity index (χ4n) is 2.16. The van der Waals surface area contributed by atoms with Gasteiger partial charge in [0, 0.05) is 32.8 Å². The monoisotopic (exact) mass is 290 g/mol. The second-order valence-electron chi connectivity index (χ2n) is 4.42. The standard InChI is InChI=1S/C10H18N4O4S/c1-17-7-4-14-9(8-2-5-18-6-3-8)12-13-10(14)19(11,15)16/h8H,2-7H2,1H3,(H2,11,15,16). The van der Waals surface area contributed by atoms with Gasteiger partial charge in [-0.2, -0.15) is 0 Å². The van der Waals surface area contributed by atoms with Gasteiger partial charge in [-0.15, -0.1) is 10.2 Å². The number of rotatable bonds is 5. The zero-order valence-electron chi connectivity index (χ0n) is 10.8. The van der Waals surface area contributed by atoms with E-state index in [1.165, 1.54) is 4.57 Å². The third-order valence-corrected chi connectivity index (χ3v) is 3.92. The molecule has 1 aromatic heterocycles. The van der Waals surface area contributed by atoms with Crippen molar-refractivity contribution in [3.8, 4) is 0 Å². The van der Waals surface area contributed by atoms with Crippen LogP contribution in [0.1, 0.15) is 24.6 Å². The average Bonchev–Trinajstić information content (AvgIpc) is 2.81. The molecule has 1 saturated heterocycles. The molecule has 1 aliphatic rings. The second-order valence-corrected chi connectivity index (χ2v) is 5.87. The van der Waals surface area contributed by atoms with Gasteiger partial charge in [0.25, 0.3) is 15.2 Å². The Morgan fingerprint density at radius 2 is 2.11 bits per heavy atom. The number of aromatic nitrogens is 3. The molecule has 8 nitrogen and oxygen atoms in total. The number of sulfonamides is 1. The molecule has 0 aliphatic carbocycles. The minimum atomic E-state index is -3.88. The molecule has 19 heavy (non-hydrogen) atoms. The van der Waals surface area contributed by atoms with Crippen molar-refractivity contribution in [2.24, 2.45) is 5.14 Å². The zero-order chi connectivity index (χ0) is 13.9. The summed E-state index contributed by atoms with van der Waals surface area (Å²) in [5.74, 6) is 0.790. The normalized spacial score (nSPS) is 17.8. The van der Waals surface area contributed by atoms with Crippen LogP contribution < -0.4 is 5.14 Å². The predicted octanol–water partition coefficient (Wildman–Crippen LogP) is -0.534. The number of primary sulfonamides is 1. The van der Waals surface area contributed by atoms with Gasteiger partial charge in [0.2, 0.25) is 0 Å². The lowest BCUT2D eigenvalue weighted by Gasteiger charge is -2.22. The van der Waals surface area contributed by atoms with E-state index in [-0.39, 0.29) is 11.1 Å². The lowest BCUT2D eigenvalue weighted by molar-refractivity contribution is 0.0821. The second kappa shape index (κ2) is 5.95. The summed E-state index contributed by atoms with van der Waals surface area (Å²) in [6, 6.07) is 0. The van der Waals surface area contributed by atoms with Crippen molar-refractivity contribution >= 4 is 10.0 Å². The topological polar surface area (TPSA) is 109 Å². The van der Waals surface area contributed by atoms with Gasteiger partial charge < -0.3 is 9.47 Å². The number of nitrogens with two attached hydrogens (primary N) is 1. The van der Waals surface area contributed by atoms with Gasteiger partial charge in [0.05, 0.1) is 6.61 Å². The van der Waals surface area contributed by atoms with Crippen LogP contribution in [0.3, 0.4) is 0 Å². The summed E-state index contributed by atoms with van der Waals surface area (Å²) in [6.45, 7) is 2.03. The van der Waals surface area contributed by atoms with Crippen molar-refractivity contribution in [1.29, 1.82) is 0 Å². The molecule has 9 heteroatoms. The number of ether oxygens (including phenoxy) is 2. The Labute approximate surface area is 111 Å². The van der Waals surface area contributed by atoms with Crippen molar-refractivity contribution in [1.82, 2.24) is 14.8 Å². The van der Waals surface area contributed by atoms with Gasteiger partial charge in [-0.25, -0.2) is 13.6 Å². The third-order valence-electron chi connectivity index (χ3n) is 3.11. The fraction of sp³-hybridized carbons (Fsp3) is 0.800. The molecule has 2 N–H and O–H groups in total. The average molecular weight is 290 g/mol. The summed E-state index contributed by atoms with van der Waals surface area (Å²) < 4.78 is 34.8. The first-order valence-corrected chi connectivity index (χ1v) is 7.61. The summed E-state index contributed by atoms with van der Waals surface area (Å²) in [5, 5.41) is 12.7. The van der Waals surface area contributed by atoms with Crippen LogP contribution in [0.2, 0.25) is 0 Å². The molecular weight excluding hydrogens is 272 g/mol. The fourth-order valence-corrected chi connectivity index (χ4v) is 2.81. The maximum atomic E-state index is 11.5. The van der Waals surface area contributed by atoms with Crippen LogP contribution in [0.15, 0.2) is 5.16 Å². The SMILES string of the molecule is COCCn1c(C2CCOCC2)nnc1S(N)(=O)=O. The predicted molar refractivity (Wildman–Crippen MR) is 66.1 cm³/mol. The Kier molecular flexibility index (Phi) is 4.50. The lowest BCUT2D eigenvalue weighted by Crippen LogP contribution is -2.23. The Balaban J connectivity index is 2.34. The van der Waals surface area contributed by atoms with Crippen LogP contribution in [0.4, 0.5) is 0 Å². The molecule has 108 valence electrons. The van der Waals surface area contributed by atoms with E-state index < -0.39 is 10.0 Å². The van der Waals surface area contributed by atoms with Crippen molar-refractivity contribution in [3.63, 3.8) is 0 Å². The van der Waals surface area contributed by atoms with Gasteiger partial charge >= 0.3 is 0 Å². The van der Waals surface area contributed by atoms with Crippen molar-refractivity contribution < 1.29 is 17.9 Å². The molecule has 0 atom stereocenters. The smallest absolute Gasteiger partial charge is 0.273 e. The van der Waals surface area contributed by atoms with Crippen LogP contribution in [-0.4, -0.2) is 50.1 Å². The van der Waals surface area contributed by atoms with Crippen LogP contribution in [0, 0.1) is 0 Å². The van der Waals surface area contributed by atoms with E-state index in [0.717, 1.165) is 12.8 Å². The van der Waals surface area contributed by atoms with Gasteiger partial charge in [-0.05, 0) is 12.8 Å². The minimum absolute atomic E-state index is 0.147. The molecule has 1 fully saturated rings. The van der Waals surface area contributed by atoms with Gasteiger partial charge in [-0.1, -0.05) is 0 Å². The molecule has 0 bridgehead atoms. The molecule has 1 aliphatic heterocycles.